The van der Waals surface area contributed by atoms with Gasteiger partial charge in [-0.15, -0.1) is 6.42 Å². The number of ether oxygens (including phenoxy) is 2. The Balaban J connectivity index is 1.60. The number of terminal acetylenes is 1. The third-order valence-electron chi connectivity index (χ3n) is 5.59. The molecule has 0 atom stereocenters. The van der Waals surface area contributed by atoms with Gasteiger partial charge < -0.3 is 19.7 Å². The third-order valence-corrected chi connectivity index (χ3v) is 5.59. The van der Waals surface area contributed by atoms with Gasteiger partial charge in [0.1, 0.15) is 12.4 Å². The minimum absolute atomic E-state index is 0.220. The van der Waals surface area contributed by atoms with Gasteiger partial charge in [0.05, 0.1) is 19.7 Å². The van der Waals surface area contributed by atoms with Crippen LogP contribution in [0.1, 0.15) is 27.0 Å². The number of anilines is 1. The first-order chi connectivity index (χ1) is 16.4. The Kier molecular flexibility index (Phi) is 8.79. The van der Waals surface area contributed by atoms with Crippen molar-refractivity contribution in [3.63, 3.8) is 0 Å². The van der Waals surface area contributed by atoms with Gasteiger partial charge in [-0.05, 0) is 41.8 Å². The number of fused-ring (bicyclic) bond motifs is 1. The largest absolute Gasteiger partial charge is 0.462 e. The predicted octanol–water partition coefficient (Wildman–Crippen LogP) is 2.38. The van der Waals surface area contributed by atoms with Crippen LogP contribution in [0.15, 0.2) is 42.5 Å². The van der Waals surface area contributed by atoms with Crippen LogP contribution in [0.3, 0.4) is 0 Å². The molecule has 3 rings (SSSR count). The van der Waals surface area contributed by atoms with Gasteiger partial charge in [-0.1, -0.05) is 24.1 Å². The van der Waals surface area contributed by atoms with Crippen LogP contribution in [0.5, 0.6) is 0 Å². The summed E-state index contributed by atoms with van der Waals surface area (Å²) >= 11 is 0. The second-order valence-corrected chi connectivity index (χ2v) is 8.10. The molecule has 0 saturated heterocycles. The molecule has 0 unspecified atom stereocenters. The fourth-order valence-electron chi connectivity index (χ4n) is 3.71. The molecule has 0 bridgehead atoms. The van der Waals surface area contributed by atoms with Crippen LogP contribution in [0.4, 0.5) is 5.69 Å². The summed E-state index contributed by atoms with van der Waals surface area (Å²) in [7, 11) is 3.32. The van der Waals surface area contributed by atoms with Crippen LogP contribution in [-0.4, -0.2) is 74.5 Å². The van der Waals surface area contributed by atoms with E-state index < -0.39 is 0 Å². The van der Waals surface area contributed by atoms with Crippen molar-refractivity contribution in [2.75, 3.05) is 52.3 Å². The number of carbonyl (C=O) groups is 2. The first kappa shape index (κ1) is 25.0. The smallest absolute Gasteiger partial charge is 0.320 e. The van der Waals surface area contributed by atoms with Crippen LogP contribution >= 0.6 is 0 Å². The summed E-state index contributed by atoms with van der Waals surface area (Å²) in [6.07, 6.45) is 6.14. The molecule has 0 aromatic heterocycles. The third kappa shape index (κ3) is 6.67. The van der Waals surface area contributed by atoms with Crippen LogP contribution < -0.4 is 5.32 Å². The minimum atomic E-state index is -0.271. The van der Waals surface area contributed by atoms with Crippen LogP contribution in [0, 0.1) is 17.8 Å². The summed E-state index contributed by atoms with van der Waals surface area (Å²) in [5, 5.41) is 11.1. The van der Waals surface area contributed by atoms with Crippen molar-refractivity contribution in [3.05, 3.63) is 64.7 Å². The van der Waals surface area contributed by atoms with Gasteiger partial charge in [0.2, 0.25) is 0 Å². The lowest BCUT2D eigenvalue weighted by Gasteiger charge is -2.28. The summed E-state index contributed by atoms with van der Waals surface area (Å²) < 4.78 is 10.1. The van der Waals surface area contributed by atoms with Crippen molar-refractivity contribution in [1.29, 1.82) is 5.41 Å². The first-order valence-corrected chi connectivity index (χ1v) is 11.0. The Labute approximate surface area is 200 Å². The molecule has 0 fully saturated rings. The number of hydrogen-bond donors (Lipinski definition) is 2. The van der Waals surface area contributed by atoms with Gasteiger partial charge in [0, 0.05) is 44.1 Å². The Morgan fingerprint density at radius 2 is 1.88 bits per heavy atom. The minimum Gasteiger partial charge on any atom is -0.462 e. The Hall–Kier alpha value is -3.67. The van der Waals surface area contributed by atoms with Crippen molar-refractivity contribution < 1.29 is 19.1 Å². The van der Waals surface area contributed by atoms with E-state index in [4.69, 9.17) is 21.3 Å². The number of amides is 1. The molecule has 1 amide bonds. The van der Waals surface area contributed by atoms with Gasteiger partial charge in [0.25, 0.3) is 5.91 Å². The maximum atomic E-state index is 12.8. The number of hydrogen-bond acceptors (Lipinski definition) is 6. The standard InChI is InChI=1S/C26H30N4O4/c1-4-12-29(2)25(27)20-5-7-21(8-6-20)26(32)28-23-10-9-19-11-13-30(17-22(19)16-23)18-24(31)34-15-14-33-3/h1,5-10,16,27H,11-15,17-18H2,2-3H3,(H,28,32). The Morgan fingerprint density at radius 3 is 2.59 bits per heavy atom. The zero-order valence-electron chi connectivity index (χ0n) is 19.6. The van der Waals surface area contributed by atoms with E-state index >= 15 is 0 Å². The molecule has 0 spiro atoms. The molecule has 0 radical (unpaired) electrons. The average molecular weight is 463 g/mol. The van der Waals surface area contributed by atoms with Crippen LogP contribution in [-0.2, 0) is 27.2 Å². The average Bonchev–Trinajstić information content (AvgIpc) is 2.83. The lowest BCUT2D eigenvalue weighted by atomic mass is 9.99. The number of amidine groups is 1. The number of rotatable bonds is 9. The topological polar surface area (TPSA) is 95.0 Å². The van der Waals surface area contributed by atoms with Gasteiger partial charge in [0.15, 0.2) is 0 Å². The highest BCUT2D eigenvalue weighted by Gasteiger charge is 2.20. The second-order valence-electron chi connectivity index (χ2n) is 8.10. The zero-order chi connectivity index (χ0) is 24.5. The molecule has 1 heterocycles. The van der Waals surface area contributed by atoms with Crippen molar-refractivity contribution in [1.82, 2.24) is 9.80 Å². The molecule has 34 heavy (non-hydrogen) atoms. The fourth-order valence-corrected chi connectivity index (χ4v) is 3.71. The van der Waals surface area contributed by atoms with E-state index in [9.17, 15) is 9.59 Å². The lowest BCUT2D eigenvalue weighted by molar-refractivity contribution is -0.146. The molecule has 8 heteroatoms. The van der Waals surface area contributed by atoms with E-state index in [-0.39, 0.29) is 25.0 Å². The molecule has 1 aliphatic rings. The maximum Gasteiger partial charge on any atom is 0.320 e. The van der Waals surface area contributed by atoms with Crippen molar-refractivity contribution in [3.8, 4) is 12.3 Å². The zero-order valence-corrected chi connectivity index (χ0v) is 19.6. The molecule has 0 aliphatic carbocycles. The highest BCUT2D eigenvalue weighted by molar-refractivity contribution is 6.05. The molecule has 178 valence electrons. The van der Waals surface area contributed by atoms with E-state index in [1.54, 1.807) is 43.3 Å². The molecule has 2 aromatic rings. The Bertz CT molecular complexity index is 1080. The SMILES string of the molecule is C#CCN(C)C(=N)c1ccc(C(=O)Nc2ccc3c(c2)CN(CC(=O)OCCOC)CC3)cc1. The van der Waals surface area contributed by atoms with E-state index in [0.717, 1.165) is 18.5 Å². The quantitative estimate of drug-likeness (QED) is 0.195. The summed E-state index contributed by atoms with van der Waals surface area (Å²) in [4.78, 5) is 28.4. The number of benzene rings is 2. The summed E-state index contributed by atoms with van der Waals surface area (Å²) in [6.45, 7) is 2.57. The molecule has 2 N–H and O–H groups in total. The molecule has 0 saturated carbocycles. The Morgan fingerprint density at radius 1 is 1.15 bits per heavy atom. The van der Waals surface area contributed by atoms with Gasteiger partial charge >= 0.3 is 5.97 Å². The van der Waals surface area contributed by atoms with Gasteiger partial charge in [-0.2, -0.15) is 0 Å². The highest BCUT2D eigenvalue weighted by atomic mass is 16.6. The summed E-state index contributed by atoms with van der Waals surface area (Å²) in [6, 6.07) is 12.7. The first-order valence-electron chi connectivity index (χ1n) is 11.0. The van der Waals surface area contributed by atoms with Crippen LogP contribution in [0.2, 0.25) is 0 Å². The molecule has 8 nitrogen and oxygen atoms in total. The normalized spacial score (nSPS) is 12.9. The summed E-state index contributed by atoms with van der Waals surface area (Å²) in [5.74, 6) is 2.30. The highest BCUT2D eigenvalue weighted by Crippen LogP contribution is 2.23. The molecular weight excluding hydrogens is 432 g/mol. The van der Waals surface area contributed by atoms with Gasteiger partial charge in [-0.3, -0.25) is 19.9 Å². The van der Waals surface area contributed by atoms with E-state index in [1.165, 1.54) is 5.56 Å². The summed E-state index contributed by atoms with van der Waals surface area (Å²) in [5.41, 5.74) is 4.16. The fraction of sp³-hybridized carbons (Fsp3) is 0.346. The van der Waals surface area contributed by atoms with Crippen molar-refractivity contribution >= 4 is 23.4 Å². The predicted molar refractivity (Wildman–Crippen MR) is 131 cm³/mol. The number of nitrogens with one attached hydrogen (secondary N) is 2. The second kappa shape index (κ2) is 12.0. The number of carbonyl (C=O) groups excluding carboxylic acids is 2. The van der Waals surface area contributed by atoms with Crippen molar-refractivity contribution in [2.45, 2.75) is 13.0 Å². The van der Waals surface area contributed by atoms with Crippen LogP contribution in [0.25, 0.3) is 0 Å². The molecular formula is C26H30N4O4. The maximum absolute atomic E-state index is 12.8. The number of nitrogens with zero attached hydrogens (tertiary/aromatic N) is 2. The van der Waals surface area contributed by atoms with Gasteiger partial charge in [-0.25, -0.2) is 0 Å². The lowest BCUT2D eigenvalue weighted by Crippen LogP contribution is -2.35. The molecule has 2 aromatic carbocycles. The van der Waals surface area contributed by atoms with Crippen molar-refractivity contribution in [2.24, 2.45) is 0 Å². The number of esters is 1. The number of methoxy groups -OCH3 is 1. The van der Waals surface area contributed by atoms with E-state index in [2.05, 4.69) is 11.2 Å². The monoisotopic (exact) mass is 462 g/mol. The van der Waals surface area contributed by atoms with E-state index in [0.29, 0.717) is 42.3 Å². The van der Waals surface area contributed by atoms with E-state index in [1.807, 2.05) is 23.1 Å². The molecule has 1 aliphatic heterocycles.